The van der Waals surface area contributed by atoms with Crippen LogP contribution in [-0.2, 0) is 4.79 Å². The molecule has 1 aliphatic heterocycles. The summed E-state index contributed by atoms with van der Waals surface area (Å²) in [5.74, 6) is -0.0202. The lowest BCUT2D eigenvalue weighted by molar-refractivity contribution is -0.123. The Balaban J connectivity index is 2.63. The zero-order chi connectivity index (χ0) is 9.97. The zero-order valence-corrected chi connectivity index (χ0v) is 7.84. The molecule has 0 atom stereocenters. The first-order chi connectivity index (χ1) is 6.77. The van der Waals surface area contributed by atoms with Crippen LogP contribution in [0.25, 0.3) is 6.20 Å². The average molecular weight is 186 g/mol. The summed E-state index contributed by atoms with van der Waals surface area (Å²) in [6.07, 6.45) is 5.07. The molecule has 3 nitrogen and oxygen atoms in total. The van der Waals surface area contributed by atoms with Crippen LogP contribution < -0.4 is 10.6 Å². The monoisotopic (exact) mass is 186 g/mol. The van der Waals surface area contributed by atoms with Gasteiger partial charge < -0.3 is 0 Å². The van der Waals surface area contributed by atoms with Gasteiger partial charge in [-0.05, 0) is 6.07 Å². The minimum absolute atomic E-state index is 0.0202. The van der Waals surface area contributed by atoms with E-state index in [4.69, 9.17) is 0 Å². The van der Waals surface area contributed by atoms with Crippen molar-refractivity contribution in [2.24, 2.45) is 4.99 Å². The zero-order valence-electron chi connectivity index (χ0n) is 7.84. The van der Waals surface area contributed by atoms with Crippen LogP contribution in [0.4, 0.5) is 0 Å². The Morgan fingerprint density at radius 1 is 1.36 bits per heavy atom. The first kappa shape index (κ1) is 8.69. The second-order valence-corrected chi connectivity index (χ2v) is 3.04. The summed E-state index contributed by atoms with van der Waals surface area (Å²) in [5.41, 5.74) is 0. The highest BCUT2D eigenvalue weighted by molar-refractivity contribution is 5.78. The van der Waals surface area contributed by atoms with Crippen molar-refractivity contribution in [3.05, 3.63) is 47.2 Å². The topological polar surface area (TPSA) is 32.7 Å². The van der Waals surface area contributed by atoms with Crippen LogP contribution in [-0.4, -0.2) is 10.8 Å². The molecule has 1 aromatic rings. The van der Waals surface area contributed by atoms with E-state index in [-0.39, 0.29) is 5.91 Å². The van der Waals surface area contributed by atoms with E-state index in [0.717, 1.165) is 10.6 Å². The lowest BCUT2D eigenvalue weighted by Gasteiger charge is -2.07. The molecule has 0 saturated carbocycles. The van der Waals surface area contributed by atoms with Crippen molar-refractivity contribution in [3.63, 3.8) is 0 Å². The fourth-order valence-corrected chi connectivity index (χ4v) is 1.29. The van der Waals surface area contributed by atoms with E-state index < -0.39 is 0 Å². The van der Waals surface area contributed by atoms with Gasteiger partial charge in [-0.3, -0.25) is 14.7 Å². The SMILES string of the molecule is CC(=O)N1C=CN=c2ccccc2=C1. The summed E-state index contributed by atoms with van der Waals surface area (Å²) in [6.45, 7) is 1.52. The Bertz CT molecular complexity index is 502. The number of rotatable bonds is 0. The summed E-state index contributed by atoms with van der Waals surface area (Å²) < 4.78 is 0. The lowest BCUT2D eigenvalue weighted by atomic mass is 10.3. The second kappa shape index (κ2) is 3.46. The number of hydrogen-bond acceptors (Lipinski definition) is 2. The quantitative estimate of drug-likeness (QED) is 0.576. The van der Waals surface area contributed by atoms with Crippen LogP contribution in [0.2, 0.25) is 0 Å². The minimum atomic E-state index is -0.0202. The molecule has 1 aromatic carbocycles. The third-order valence-electron chi connectivity index (χ3n) is 2.02. The van der Waals surface area contributed by atoms with Gasteiger partial charge in [-0.1, -0.05) is 18.2 Å². The maximum absolute atomic E-state index is 11.2. The largest absolute Gasteiger partial charge is 0.293 e. The molecule has 0 unspecified atom stereocenters. The molecule has 1 heterocycles. The van der Waals surface area contributed by atoms with Crippen LogP contribution >= 0.6 is 0 Å². The molecule has 0 aliphatic carbocycles. The molecule has 1 amide bonds. The molecule has 2 rings (SSSR count). The van der Waals surface area contributed by atoms with Gasteiger partial charge in [0.2, 0.25) is 5.91 Å². The molecule has 0 bridgehead atoms. The van der Waals surface area contributed by atoms with Gasteiger partial charge in [0.25, 0.3) is 0 Å². The van der Waals surface area contributed by atoms with Crippen molar-refractivity contribution < 1.29 is 4.79 Å². The number of carbonyl (C=O) groups excluding carboxylic acids is 1. The predicted molar refractivity (Wildman–Crippen MR) is 53.3 cm³/mol. The van der Waals surface area contributed by atoms with Gasteiger partial charge in [-0.25, -0.2) is 0 Å². The summed E-state index contributed by atoms with van der Waals surface area (Å²) in [4.78, 5) is 16.9. The van der Waals surface area contributed by atoms with Crippen LogP contribution in [0.15, 0.2) is 41.7 Å². The number of benzene rings is 1. The molecule has 1 aliphatic rings. The van der Waals surface area contributed by atoms with Gasteiger partial charge in [0.15, 0.2) is 0 Å². The third kappa shape index (κ3) is 1.57. The van der Waals surface area contributed by atoms with E-state index in [1.807, 2.05) is 24.3 Å². The highest BCUT2D eigenvalue weighted by Crippen LogP contribution is 1.94. The van der Waals surface area contributed by atoms with Gasteiger partial charge in [-0.2, -0.15) is 0 Å². The van der Waals surface area contributed by atoms with Crippen molar-refractivity contribution >= 4 is 12.1 Å². The second-order valence-electron chi connectivity index (χ2n) is 3.04. The summed E-state index contributed by atoms with van der Waals surface area (Å²) in [5, 5.41) is 1.83. The first-order valence-electron chi connectivity index (χ1n) is 4.38. The van der Waals surface area contributed by atoms with Gasteiger partial charge in [0, 0.05) is 30.7 Å². The van der Waals surface area contributed by atoms with Crippen LogP contribution in [0.1, 0.15) is 6.92 Å². The maximum atomic E-state index is 11.2. The molecule has 0 spiro atoms. The Morgan fingerprint density at radius 3 is 2.93 bits per heavy atom. The molecule has 70 valence electrons. The smallest absolute Gasteiger partial charge is 0.227 e. The molecule has 3 heteroatoms. The Kier molecular flexibility index (Phi) is 2.14. The fourth-order valence-electron chi connectivity index (χ4n) is 1.29. The Labute approximate surface area is 81.7 Å². The molecular formula is C11H10N2O. The minimum Gasteiger partial charge on any atom is -0.293 e. The highest BCUT2D eigenvalue weighted by Gasteiger charge is 2.01. The van der Waals surface area contributed by atoms with Crippen LogP contribution in [0, 0.1) is 0 Å². The standard InChI is InChI=1S/C11H10N2O/c1-9(14)13-7-6-12-11-5-3-2-4-10(11)8-13/h2-8H,1H3. The lowest BCUT2D eigenvalue weighted by Crippen LogP contribution is -2.27. The molecule has 0 fully saturated rings. The number of amides is 1. The summed E-state index contributed by atoms with van der Waals surface area (Å²) in [6, 6.07) is 7.70. The van der Waals surface area contributed by atoms with Crippen molar-refractivity contribution in [3.8, 4) is 0 Å². The molecule has 0 N–H and O–H groups in total. The molecule has 0 aromatic heterocycles. The van der Waals surface area contributed by atoms with E-state index in [9.17, 15) is 4.79 Å². The molecule has 0 saturated heterocycles. The van der Waals surface area contributed by atoms with Gasteiger partial charge in [0.05, 0.1) is 5.36 Å². The van der Waals surface area contributed by atoms with Crippen molar-refractivity contribution in [1.82, 2.24) is 4.90 Å². The van der Waals surface area contributed by atoms with E-state index in [1.54, 1.807) is 18.6 Å². The van der Waals surface area contributed by atoms with E-state index in [0.29, 0.717) is 0 Å². The van der Waals surface area contributed by atoms with E-state index >= 15 is 0 Å². The van der Waals surface area contributed by atoms with E-state index in [2.05, 4.69) is 4.99 Å². The predicted octanol–water partition coefficient (Wildman–Crippen LogP) is 0.378. The average Bonchev–Trinajstić information content (AvgIpc) is 2.39. The number of carbonyl (C=O) groups is 1. The normalized spacial score (nSPS) is 13.6. The third-order valence-corrected chi connectivity index (χ3v) is 2.02. The number of fused-ring (bicyclic) bond motifs is 1. The summed E-state index contributed by atoms with van der Waals surface area (Å²) in [7, 11) is 0. The van der Waals surface area contributed by atoms with Crippen molar-refractivity contribution in [1.29, 1.82) is 0 Å². The van der Waals surface area contributed by atoms with Crippen LogP contribution in [0.3, 0.4) is 0 Å². The Morgan fingerprint density at radius 2 is 2.14 bits per heavy atom. The first-order valence-corrected chi connectivity index (χ1v) is 4.38. The van der Waals surface area contributed by atoms with E-state index in [1.165, 1.54) is 11.8 Å². The van der Waals surface area contributed by atoms with Gasteiger partial charge >= 0.3 is 0 Å². The number of hydrogen-bond donors (Lipinski definition) is 0. The number of para-hydroxylation sites is 1. The van der Waals surface area contributed by atoms with Crippen LogP contribution in [0.5, 0.6) is 0 Å². The molecule has 14 heavy (non-hydrogen) atoms. The fraction of sp³-hybridized carbons (Fsp3) is 0.0909. The molecule has 0 radical (unpaired) electrons. The maximum Gasteiger partial charge on any atom is 0.227 e. The number of nitrogens with zero attached hydrogens (tertiary/aromatic N) is 2. The van der Waals surface area contributed by atoms with Gasteiger partial charge in [0.1, 0.15) is 0 Å². The van der Waals surface area contributed by atoms with Crippen molar-refractivity contribution in [2.75, 3.05) is 0 Å². The Hall–Kier alpha value is -1.90. The van der Waals surface area contributed by atoms with Gasteiger partial charge in [-0.15, -0.1) is 0 Å². The summed E-state index contributed by atoms with van der Waals surface area (Å²) >= 11 is 0. The van der Waals surface area contributed by atoms with Crippen molar-refractivity contribution in [2.45, 2.75) is 6.92 Å². The molecular weight excluding hydrogens is 176 g/mol. The highest BCUT2D eigenvalue weighted by atomic mass is 16.2.